The molecule has 1 aliphatic carbocycles. The molecule has 0 saturated heterocycles. The Morgan fingerprint density at radius 3 is 1.95 bits per heavy atom. The molecule has 1 heterocycles. The lowest BCUT2D eigenvalue weighted by molar-refractivity contribution is -0.135. The van der Waals surface area contributed by atoms with Gasteiger partial charge in [-0.2, -0.15) is 0 Å². The van der Waals surface area contributed by atoms with Crippen molar-refractivity contribution in [3.63, 3.8) is 0 Å². The molecule has 0 radical (unpaired) electrons. The second-order valence-electron chi connectivity index (χ2n) is 10.6. The molecule has 1 aromatic heterocycles. The zero-order valence-electron chi connectivity index (χ0n) is 22.3. The van der Waals surface area contributed by atoms with Crippen molar-refractivity contribution in [2.24, 2.45) is 0 Å². The van der Waals surface area contributed by atoms with E-state index in [2.05, 4.69) is 94.4 Å². The molecule has 1 aliphatic rings. The first-order valence-electron chi connectivity index (χ1n) is 14.2. The lowest BCUT2D eigenvalue weighted by Crippen LogP contribution is -2.42. The lowest BCUT2D eigenvalue weighted by Gasteiger charge is -2.35. The largest absolute Gasteiger partial charge is 0.334 e. The summed E-state index contributed by atoms with van der Waals surface area (Å²) in [6, 6.07) is 39.9. The molecular weight excluding hydrogens is 478 g/mol. The maximum Gasteiger partial charge on any atom is 0.243 e. The third kappa shape index (κ3) is 5.51. The molecule has 5 aromatic rings. The van der Waals surface area contributed by atoms with Crippen molar-refractivity contribution in [2.45, 2.75) is 57.2 Å². The number of hydrogen-bond acceptors (Lipinski definition) is 2. The second-order valence-corrected chi connectivity index (χ2v) is 10.6. The van der Waals surface area contributed by atoms with Gasteiger partial charge in [0.25, 0.3) is 0 Å². The van der Waals surface area contributed by atoms with Crippen LogP contribution in [0.2, 0.25) is 0 Å². The second kappa shape index (κ2) is 11.7. The van der Waals surface area contributed by atoms with Gasteiger partial charge in [0.1, 0.15) is 12.4 Å². The Hall–Kier alpha value is -4.18. The Kier molecular flexibility index (Phi) is 7.53. The van der Waals surface area contributed by atoms with Crippen molar-refractivity contribution in [1.82, 2.24) is 14.5 Å². The van der Waals surface area contributed by atoms with E-state index in [0.717, 1.165) is 29.7 Å². The van der Waals surface area contributed by atoms with Gasteiger partial charge in [-0.3, -0.25) is 4.79 Å². The predicted molar refractivity (Wildman–Crippen MR) is 157 cm³/mol. The first kappa shape index (κ1) is 25.1. The third-order valence-electron chi connectivity index (χ3n) is 8.03. The van der Waals surface area contributed by atoms with E-state index in [-0.39, 0.29) is 24.4 Å². The van der Waals surface area contributed by atoms with Crippen LogP contribution < -0.4 is 0 Å². The van der Waals surface area contributed by atoms with Crippen LogP contribution in [0.5, 0.6) is 0 Å². The fourth-order valence-electron chi connectivity index (χ4n) is 6.08. The summed E-state index contributed by atoms with van der Waals surface area (Å²) in [5.74, 6) is 0.991. The number of nitrogens with zero attached hydrogens (tertiary/aromatic N) is 3. The van der Waals surface area contributed by atoms with Gasteiger partial charge in [0.2, 0.25) is 5.91 Å². The molecule has 0 atom stereocenters. The summed E-state index contributed by atoms with van der Waals surface area (Å²) in [6.07, 6.45) is 5.79. The van der Waals surface area contributed by atoms with E-state index < -0.39 is 0 Å². The van der Waals surface area contributed by atoms with Gasteiger partial charge < -0.3 is 9.47 Å². The van der Waals surface area contributed by atoms with E-state index in [1.807, 2.05) is 30.3 Å². The molecule has 0 bridgehead atoms. The number of hydrogen-bond donors (Lipinski definition) is 0. The zero-order valence-corrected chi connectivity index (χ0v) is 22.3. The Bertz CT molecular complexity index is 1470. The van der Waals surface area contributed by atoms with E-state index in [9.17, 15) is 4.79 Å². The minimum Gasteiger partial charge on any atom is -0.334 e. The van der Waals surface area contributed by atoms with Crippen LogP contribution in [0.25, 0.3) is 11.0 Å². The quantitative estimate of drug-likeness (QED) is 0.214. The fourth-order valence-corrected chi connectivity index (χ4v) is 6.08. The van der Waals surface area contributed by atoms with Crippen LogP contribution in [0.4, 0.5) is 0 Å². The predicted octanol–water partition coefficient (Wildman–Crippen LogP) is 7.58. The Morgan fingerprint density at radius 2 is 1.31 bits per heavy atom. The number of carbonyl (C=O) groups excluding carboxylic acids is 1. The van der Waals surface area contributed by atoms with Gasteiger partial charge in [0.05, 0.1) is 17.0 Å². The monoisotopic (exact) mass is 513 g/mol. The van der Waals surface area contributed by atoms with Gasteiger partial charge in [0.15, 0.2) is 0 Å². The van der Waals surface area contributed by atoms with Crippen LogP contribution in [0.3, 0.4) is 0 Å². The smallest absolute Gasteiger partial charge is 0.243 e. The molecule has 0 aliphatic heterocycles. The molecule has 6 rings (SSSR count). The summed E-state index contributed by atoms with van der Waals surface area (Å²) in [5.41, 5.74) is 5.44. The summed E-state index contributed by atoms with van der Waals surface area (Å²) in [5, 5.41) is 0. The van der Waals surface area contributed by atoms with Crippen LogP contribution >= 0.6 is 0 Å². The number of amides is 1. The van der Waals surface area contributed by atoms with Crippen LogP contribution in [-0.2, 0) is 17.9 Å². The van der Waals surface area contributed by atoms with Crippen molar-refractivity contribution in [3.8, 4) is 0 Å². The number of rotatable bonds is 8. The van der Waals surface area contributed by atoms with Crippen LogP contribution in [0.1, 0.15) is 60.5 Å². The van der Waals surface area contributed by atoms with E-state index in [4.69, 9.17) is 4.98 Å². The summed E-state index contributed by atoms with van der Waals surface area (Å²) in [6.45, 7) is 0.919. The molecule has 39 heavy (non-hydrogen) atoms. The van der Waals surface area contributed by atoms with Crippen molar-refractivity contribution in [1.29, 1.82) is 0 Å². The van der Waals surface area contributed by atoms with Gasteiger partial charge in [-0.25, -0.2) is 4.98 Å². The van der Waals surface area contributed by atoms with Gasteiger partial charge >= 0.3 is 0 Å². The molecular formula is C35H35N3O. The van der Waals surface area contributed by atoms with E-state index in [1.54, 1.807) is 0 Å². The number of fused-ring (bicyclic) bond motifs is 1. The third-order valence-corrected chi connectivity index (χ3v) is 8.03. The van der Waals surface area contributed by atoms with Crippen molar-refractivity contribution in [3.05, 3.63) is 138 Å². The highest BCUT2D eigenvalue weighted by Crippen LogP contribution is 2.34. The SMILES string of the molecule is O=C(Cn1c(C(c2ccccc2)c2ccccc2)nc2ccccc21)N(Cc1ccccc1)C1CCCCC1. The van der Waals surface area contributed by atoms with Crippen molar-refractivity contribution < 1.29 is 4.79 Å². The molecule has 1 fully saturated rings. The first-order valence-corrected chi connectivity index (χ1v) is 14.2. The molecule has 1 amide bonds. The normalized spacial score (nSPS) is 14.1. The topological polar surface area (TPSA) is 38.1 Å². The summed E-state index contributed by atoms with van der Waals surface area (Å²) >= 11 is 0. The number of benzene rings is 4. The van der Waals surface area contributed by atoms with Gasteiger partial charge in [-0.05, 0) is 41.7 Å². The summed E-state index contributed by atoms with van der Waals surface area (Å²) in [7, 11) is 0. The maximum absolute atomic E-state index is 14.3. The Morgan fingerprint density at radius 1 is 0.744 bits per heavy atom. The molecule has 196 valence electrons. The lowest BCUT2D eigenvalue weighted by atomic mass is 9.90. The van der Waals surface area contributed by atoms with Gasteiger partial charge in [-0.1, -0.05) is 122 Å². The van der Waals surface area contributed by atoms with Crippen molar-refractivity contribution in [2.75, 3.05) is 0 Å². The number of carbonyl (C=O) groups is 1. The van der Waals surface area contributed by atoms with E-state index >= 15 is 0 Å². The average molecular weight is 514 g/mol. The van der Waals surface area contributed by atoms with E-state index in [0.29, 0.717) is 6.54 Å². The molecule has 4 heteroatoms. The van der Waals surface area contributed by atoms with Crippen LogP contribution in [0, 0.1) is 0 Å². The molecule has 1 saturated carbocycles. The zero-order chi connectivity index (χ0) is 26.4. The number of aromatic nitrogens is 2. The van der Waals surface area contributed by atoms with Crippen LogP contribution in [-0.4, -0.2) is 26.4 Å². The molecule has 4 aromatic carbocycles. The highest BCUT2D eigenvalue weighted by atomic mass is 16.2. The fraction of sp³-hybridized carbons (Fsp3) is 0.257. The summed E-state index contributed by atoms with van der Waals surface area (Å²) < 4.78 is 2.17. The average Bonchev–Trinajstić information content (AvgIpc) is 3.35. The Balaban J connectivity index is 1.43. The van der Waals surface area contributed by atoms with Gasteiger partial charge in [0, 0.05) is 12.6 Å². The number of para-hydroxylation sites is 2. The molecule has 0 spiro atoms. The summed E-state index contributed by atoms with van der Waals surface area (Å²) in [4.78, 5) is 21.6. The number of imidazole rings is 1. The first-order chi connectivity index (χ1) is 19.3. The molecule has 0 N–H and O–H groups in total. The highest BCUT2D eigenvalue weighted by Gasteiger charge is 2.29. The van der Waals surface area contributed by atoms with Crippen LogP contribution in [0.15, 0.2) is 115 Å². The minimum atomic E-state index is -0.0788. The standard InChI is InChI=1S/C35H35N3O/c39-33(37(30-21-11-4-12-22-30)25-27-15-5-1-6-16-27)26-38-32-24-14-13-23-31(32)36-35(38)34(28-17-7-2-8-18-28)29-19-9-3-10-20-29/h1-3,5-10,13-20,23-24,30,34H,4,11-12,21-22,25-26H2. The Labute approximate surface area is 230 Å². The molecule has 4 nitrogen and oxygen atoms in total. The van der Waals surface area contributed by atoms with E-state index in [1.165, 1.54) is 36.0 Å². The maximum atomic E-state index is 14.3. The molecule has 0 unspecified atom stereocenters. The highest BCUT2D eigenvalue weighted by molar-refractivity contribution is 5.82. The van der Waals surface area contributed by atoms with Crippen molar-refractivity contribution >= 4 is 16.9 Å². The minimum absolute atomic E-state index is 0.0788. The van der Waals surface area contributed by atoms with Gasteiger partial charge in [-0.15, -0.1) is 0 Å².